The number of hydrogen-bond donors (Lipinski definition) is 1. The molecule has 2 aromatic heterocycles. The average Bonchev–Trinajstić information content (AvgIpc) is 3.26. The molecule has 0 amide bonds. The molecule has 1 N–H and O–H groups in total. The molecule has 1 aliphatic rings. The van der Waals surface area contributed by atoms with Crippen molar-refractivity contribution in [3.63, 3.8) is 0 Å². The fourth-order valence-electron chi connectivity index (χ4n) is 4.04. The van der Waals surface area contributed by atoms with Crippen LogP contribution in [0.5, 0.6) is 0 Å². The highest BCUT2D eigenvalue weighted by atomic mass is 32.2. The predicted molar refractivity (Wildman–Crippen MR) is 132 cm³/mol. The first kappa shape index (κ1) is 25.2. The first-order valence-electron chi connectivity index (χ1n) is 11.8. The summed E-state index contributed by atoms with van der Waals surface area (Å²) in [4.78, 5) is 8.67. The van der Waals surface area contributed by atoms with Crippen LogP contribution >= 0.6 is 0 Å². The summed E-state index contributed by atoms with van der Waals surface area (Å²) in [6, 6.07) is 9.63. The molecule has 0 unspecified atom stereocenters. The van der Waals surface area contributed by atoms with Gasteiger partial charge in [0.1, 0.15) is 11.4 Å². The molecule has 1 aromatic carbocycles. The Bertz CT molecular complexity index is 1210. The maximum atomic E-state index is 13.6. The van der Waals surface area contributed by atoms with Crippen LogP contribution in [-0.4, -0.2) is 57.7 Å². The lowest BCUT2D eigenvalue weighted by Crippen LogP contribution is -2.35. The van der Waals surface area contributed by atoms with Crippen LogP contribution < -0.4 is 4.72 Å². The van der Waals surface area contributed by atoms with Crippen LogP contribution in [0.4, 0.5) is 5.95 Å². The molecule has 3 heterocycles. The Labute approximate surface area is 206 Å². The molecule has 1 fully saturated rings. The van der Waals surface area contributed by atoms with Gasteiger partial charge in [0, 0.05) is 37.2 Å². The first-order chi connectivity index (χ1) is 16.8. The van der Waals surface area contributed by atoms with Gasteiger partial charge in [0.2, 0.25) is 16.0 Å². The van der Waals surface area contributed by atoms with E-state index in [1.54, 1.807) is 19.3 Å². The number of ether oxygens (including phenoxy) is 2. The van der Waals surface area contributed by atoms with E-state index in [4.69, 9.17) is 9.47 Å². The number of nitrogens with one attached hydrogen (secondary N) is 1. The summed E-state index contributed by atoms with van der Waals surface area (Å²) >= 11 is 0. The normalized spacial score (nSPS) is 16.8. The van der Waals surface area contributed by atoms with Crippen LogP contribution in [0.1, 0.15) is 57.1 Å². The molecule has 2 atom stereocenters. The van der Waals surface area contributed by atoms with Gasteiger partial charge in [0.25, 0.3) is 0 Å². The summed E-state index contributed by atoms with van der Waals surface area (Å²) < 4.78 is 43.3. The molecule has 0 saturated carbocycles. The van der Waals surface area contributed by atoms with Crippen molar-refractivity contribution in [1.82, 2.24) is 24.7 Å². The lowest BCUT2D eigenvalue weighted by atomic mass is 10.1. The molecule has 3 aromatic rings. The SMILES string of the molecule is Cc1cnc([C@H](OC(C)C)[C@H](C)S(=O)(=O)Nc2nnc(-c3ccccc3)n2C2CCOCC2)nc1. The van der Waals surface area contributed by atoms with E-state index in [1.165, 1.54) is 0 Å². The van der Waals surface area contributed by atoms with Crippen molar-refractivity contribution in [3.05, 3.63) is 54.1 Å². The van der Waals surface area contributed by atoms with Gasteiger partial charge in [-0.25, -0.2) is 18.4 Å². The molecule has 0 spiro atoms. The second kappa shape index (κ2) is 10.8. The highest BCUT2D eigenvalue weighted by molar-refractivity contribution is 7.93. The van der Waals surface area contributed by atoms with Crippen LogP contribution in [0.15, 0.2) is 42.7 Å². The van der Waals surface area contributed by atoms with Gasteiger partial charge in [0.05, 0.1) is 6.10 Å². The van der Waals surface area contributed by atoms with E-state index in [-0.39, 0.29) is 18.1 Å². The second-order valence-corrected chi connectivity index (χ2v) is 11.0. The van der Waals surface area contributed by atoms with E-state index in [2.05, 4.69) is 24.9 Å². The van der Waals surface area contributed by atoms with Gasteiger partial charge in [-0.05, 0) is 46.1 Å². The molecular weight excluding hydrogens is 468 g/mol. The average molecular weight is 501 g/mol. The Balaban J connectivity index is 1.68. The summed E-state index contributed by atoms with van der Waals surface area (Å²) in [5, 5.41) is 7.61. The van der Waals surface area contributed by atoms with Gasteiger partial charge >= 0.3 is 0 Å². The Morgan fingerprint density at radius 2 is 1.71 bits per heavy atom. The summed E-state index contributed by atoms with van der Waals surface area (Å²) in [6.07, 6.45) is 3.69. The van der Waals surface area contributed by atoms with Gasteiger partial charge in [-0.1, -0.05) is 30.3 Å². The Kier molecular flexibility index (Phi) is 7.78. The fourth-order valence-corrected chi connectivity index (χ4v) is 5.13. The standard InChI is InChI=1S/C24H32N6O4S/c1-16(2)34-21(22-25-14-17(3)15-26-22)18(4)35(31,32)29-24-28-27-23(19-8-6-5-7-9-19)30(24)20-10-12-33-13-11-20/h5-9,14-16,18,20-21H,10-13H2,1-4H3,(H,28,29)/t18-,21+/m0/s1. The third kappa shape index (κ3) is 5.85. The number of sulfonamides is 1. The quantitative estimate of drug-likeness (QED) is 0.472. The number of nitrogens with zero attached hydrogens (tertiary/aromatic N) is 5. The topological polar surface area (TPSA) is 121 Å². The fraction of sp³-hybridized carbons (Fsp3) is 0.500. The molecule has 10 nitrogen and oxygen atoms in total. The van der Waals surface area contributed by atoms with E-state index in [0.717, 1.165) is 24.0 Å². The maximum Gasteiger partial charge on any atom is 0.240 e. The van der Waals surface area contributed by atoms with Gasteiger partial charge in [-0.15, -0.1) is 10.2 Å². The molecule has 0 bridgehead atoms. The van der Waals surface area contributed by atoms with E-state index in [0.29, 0.717) is 24.9 Å². The highest BCUT2D eigenvalue weighted by Gasteiger charge is 2.36. The monoisotopic (exact) mass is 500 g/mol. The number of anilines is 1. The van der Waals surface area contributed by atoms with E-state index in [9.17, 15) is 8.42 Å². The van der Waals surface area contributed by atoms with Crippen molar-refractivity contribution in [2.75, 3.05) is 17.9 Å². The lowest BCUT2D eigenvalue weighted by Gasteiger charge is -2.28. The smallest absolute Gasteiger partial charge is 0.240 e. The van der Waals surface area contributed by atoms with E-state index in [1.807, 2.05) is 55.7 Å². The number of aryl methyl sites for hydroxylation is 1. The van der Waals surface area contributed by atoms with Crippen LogP contribution in [0.25, 0.3) is 11.4 Å². The number of hydrogen-bond acceptors (Lipinski definition) is 8. The van der Waals surface area contributed by atoms with Gasteiger partial charge < -0.3 is 9.47 Å². The minimum atomic E-state index is -3.96. The van der Waals surface area contributed by atoms with Crippen LogP contribution in [0.2, 0.25) is 0 Å². The molecule has 11 heteroatoms. The lowest BCUT2D eigenvalue weighted by molar-refractivity contribution is 0.00152. The van der Waals surface area contributed by atoms with Crippen molar-refractivity contribution < 1.29 is 17.9 Å². The van der Waals surface area contributed by atoms with Crippen LogP contribution in [0, 0.1) is 6.92 Å². The van der Waals surface area contributed by atoms with E-state index < -0.39 is 21.4 Å². The number of rotatable bonds is 9. The third-order valence-electron chi connectivity index (χ3n) is 5.91. The van der Waals surface area contributed by atoms with E-state index >= 15 is 0 Å². The molecule has 35 heavy (non-hydrogen) atoms. The van der Waals surface area contributed by atoms with Gasteiger partial charge in [0.15, 0.2) is 11.6 Å². The minimum absolute atomic E-state index is 0.00473. The van der Waals surface area contributed by atoms with Crippen LogP contribution in [-0.2, 0) is 19.5 Å². The van der Waals surface area contributed by atoms with Crippen molar-refractivity contribution in [2.45, 2.75) is 64.0 Å². The molecule has 4 rings (SSSR count). The first-order valence-corrected chi connectivity index (χ1v) is 13.3. The van der Waals surface area contributed by atoms with Gasteiger partial charge in [-0.2, -0.15) is 0 Å². The number of benzene rings is 1. The predicted octanol–water partition coefficient (Wildman–Crippen LogP) is 3.69. The zero-order valence-electron chi connectivity index (χ0n) is 20.5. The number of aromatic nitrogens is 5. The summed E-state index contributed by atoms with van der Waals surface area (Å²) in [6.45, 7) is 8.34. The second-order valence-electron chi connectivity index (χ2n) is 9.00. The Hall–Kier alpha value is -2.89. The van der Waals surface area contributed by atoms with Crippen LogP contribution in [0.3, 0.4) is 0 Å². The van der Waals surface area contributed by atoms with Crippen molar-refractivity contribution >= 4 is 16.0 Å². The molecule has 0 radical (unpaired) electrons. The maximum absolute atomic E-state index is 13.6. The van der Waals surface area contributed by atoms with Crippen molar-refractivity contribution in [1.29, 1.82) is 0 Å². The largest absolute Gasteiger partial charge is 0.381 e. The molecule has 1 saturated heterocycles. The molecule has 0 aliphatic carbocycles. The Morgan fingerprint density at radius 1 is 1.06 bits per heavy atom. The molecular formula is C24H32N6O4S. The summed E-state index contributed by atoms with van der Waals surface area (Å²) in [5.74, 6) is 1.11. The zero-order chi connectivity index (χ0) is 25.0. The third-order valence-corrected chi connectivity index (χ3v) is 7.60. The molecule has 1 aliphatic heterocycles. The molecule has 188 valence electrons. The minimum Gasteiger partial charge on any atom is -0.381 e. The summed E-state index contributed by atoms with van der Waals surface area (Å²) in [7, 11) is -3.96. The van der Waals surface area contributed by atoms with Crippen molar-refractivity contribution in [3.8, 4) is 11.4 Å². The highest BCUT2D eigenvalue weighted by Crippen LogP contribution is 2.32. The van der Waals surface area contributed by atoms with Gasteiger partial charge in [-0.3, -0.25) is 9.29 Å². The zero-order valence-corrected chi connectivity index (χ0v) is 21.3. The summed E-state index contributed by atoms with van der Waals surface area (Å²) in [5.41, 5.74) is 1.74. The Morgan fingerprint density at radius 3 is 2.34 bits per heavy atom. The van der Waals surface area contributed by atoms with Crippen molar-refractivity contribution in [2.24, 2.45) is 0 Å².